The summed E-state index contributed by atoms with van der Waals surface area (Å²) in [6.07, 6.45) is 2.53. The molecule has 1 unspecified atom stereocenters. The summed E-state index contributed by atoms with van der Waals surface area (Å²) in [5.41, 5.74) is 5.01. The molecule has 0 aromatic carbocycles. The molecule has 4 heteroatoms. The molecule has 0 aliphatic carbocycles. The summed E-state index contributed by atoms with van der Waals surface area (Å²) in [5, 5.41) is 3.07. The Kier molecular flexibility index (Phi) is 3.40. The highest BCUT2D eigenvalue weighted by atomic mass is 32.2. The average Bonchev–Trinajstić information content (AvgIpc) is 2.35. The van der Waals surface area contributed by atoms with Gasteiger partial charge < -0.3 is 11.1 Å². The molecule has 1 heterocycles. The van der Waals surface area contributed by atoms with Gasteiger partial charge in [-0.15, -0.1) is 0 Å². The van der Waals surface area contributed by atoms with Gasteiger partial charge in [0.05, 0.1) is 6.54 Å². The van der Waals surface area contributed by atoms with Gasteiger partial charge in [0, 0.05) is 11.3 Å². The molecule has 12 heavy (non-hydrogen) atoms. The lowest BCUT2D eigenvalue weighted by atomic mass is 10.1. The van der Waals surface area contributed by atoms with Gasteiger partial charge in [-0.2, -0.15) is 11.8 Å². The van der Waals surface area contributed by atoms with Crippen LogP contribution >= 0.6 is 11.8 Å². The van der Waals surface area contributed by atoms with Crippen LogP contribution in [0.1, 0.15) is 19.8 Å². The minimum Gasteiger partial charge on any atom is -0.369 e. The first-order valence-electron chi connectivity index (χ1n) is 4.25. The van der Waals surface area contributed by atoms with E-state index in [1.54, 1.807) is 0 Å². The second-order valence-electron chi connectivity index (χ2n) is 3.47. The minimum atomic E-state index is -0.276. The first-order valence-corrected chi connectivity index (χ1v) is 5.24. The molecule has 1 atom stereocenters. The zero-order chi connectivity index (χ0) is 9.03. The highest BCUT2D eigenvalue weighted by Crippen LogP contribution is 2.36. The van der Waals surface area contributed by atoms with Crippen LogP contribution in [0.2, 0.25) is 0 Å². The third-order valence-electron chi connectivity index (χ3n) is 2.10. The lowest BCUT2D eigenvalue weighted by molar-refractivity contribution is -0.117. The van der Waals surface area contributed by atoms with Crippen molar-refractivity contribution >= 4 is 17.7 Å². The Labute approximate surface area is 77.5 Å². The molecular weight excluding hydrogens is 172 g/mol. The molecule has 70 valence electrons. The molecule has 1 saturated heterocycles. The number of primary amides is 1. The van der Waals surface area contributed by atoms with Gasteiger partial charge in [0.2, 0.25) is 5.91 Å². The zero-order valence-electron chi connectivity index (χ0n) is 7.43. The van der Waals surface area contributed by atoms with Crippen LogP contribution in [0.3, 0.4) is 0 Å². The number of nitrogens with two attached hydrogens (primary N) is 1. The molecular formula is C8H16N2OS. The van der Waals surface area contributed by atoms with Crippen LogP contribution in [0.15, 0.2) is 0 Å². The number of hydrogen-bond donors (Lipinski definition) is 2. The second-order valence-corrected chi connectivity index (χ2v) is 5.15. The van der Waals surface area contributed by atoms with Crippen molar-refractivity contribution in [3.8, 4) is 0 Å². The number of carbonyl (C=O) groups is 1. The summed E-state index contributed by atoms with van der Waals surface area (Å²) in [7, 11) is 0. The van der Waals surface area contributed by atoms with E-state index in [0.29, 0.717) is 11.3 Å². The molecule has 0 aromatic heterocycles. The molecule has 1 amide bonds. The van der Waals surface area contributed by atoms with Gasteiger partial charge in [0.25, 0.3) is 0 Å². The summed E-state index contributed by atoms with van der Waals surface area (Å²) in [4.78, 5) is 10.4. The van der Waals surface area contributed by atoms with Crippen molar-refractivity contribution in [3.63, 3.8) is 0 Å². The third kappa shape index (κ3) is 3.03. The molecule has 3 N–H and O–H groups in total. The molecule has 0 aromatic rings. The van der Waals surface area contributed by atoms with E-state index in [9.17, 15) is 4.79 Å². The quantitative estimate of drug-likeness (QED) is 0.669. The van der Waals surface area contributed by atoms with Crippen molar-refractivity contribution in [3.05, 3.63) is 0 Å². The fourth-order valence-corrected chi connectivity index (χ4v) is 2.70. The van der Waals surface area contributed by atoms with Crippen LogP contribution in [-0.2, 0) is 4.79 Å². The first-order chi connectivity index (χ1) is 5.62. The molecule has 1 fully saturated rings. The number of amides is 1. The van der Waals surface area contributed by atoms with E-state index >= 15 is 0 Å². The highest BCUT2D eigenvalue weighted by Gasteiger charge is 2.28. The van der Waals surface area contributed by atoms with Crippen molar-refractivity contribution in [2.24, 2.45) is 5.73 Å². The molecule has 0 bridgehead atoms. The largest absolute Gasteiger partial charge is 0.369 e. The minimum absolute atomic E-state index is 0.276. The summed E-state index contributed by atoms with van der Waals surface area (Å²) >= 11 is 1.98. The van der Waals surface area contributed by atoms with Crippen molar-refractivity contribution in [1.82, 2.24) is 5.32 Å². The van der Waals surface area contributed by atoms with Crippen molar-refractivity contribution in [2.45, 2.75) is 24.5 Å². The van der Waals surface area contributed by atoms with E-state index in [4.69, 9.17) is 5.73 Å². The third-order valence-corrected chi connectivity index (χ3v) is 3.64. The Morgan fingerprint density at radius 2 is 2.50 bits per heavy atom. The molecule has 1 aliphatic rings. The maximum Gasteiger partial charge on any atom is 0.231 e. The number of hydrogen-bond acceptors (Lipinski definition) is 3. The second kappa shape index (κ2) is 4.14. The fourth-order valence-electron chi connectivity index (χ4n) is 1.43. The smallest absolute Gasteiger partial charge is 0.231 e. The SMILES string of the molecule is CC1(CNCC(N)=O)CCCS1. The van der Waals surface area contributed by atoms with Gasteiger partial charge in [-0.05, 0) is 25.5 Å². The maximum absolute atomic E-state index is 10.4. The van der Waals surface area contributed by atoms with Crippen LogP contribution in [0.4, 0.5) is 0 Å². The molecule has 1 rings (SSSR count). The van der Waals surface area contributed by atoms with Gasteiger partial charge in [-0.1, -0.05) is 0 Å². The van der Waals surface area contributed by atoms with Gasteiger partial charge in [0.15, 0.2) is 0 Å². The number of thioether (sulfide) groups is 1. The predicted octanol–water partition coefficient (Wildman–Crippen LogP) is 0.347. The molecule has 3 nitrogen and oxygen atoms in total. The first kappa shape index (κ1) is 9.86. The Balaban J connectivity index is 2.17. The van der Waals surface area contributed by atoms with E-state index < -0.39 is 0 Å². The average molecular weight is 188 g/mol. The monoisotopic (exact) mass is 188 g/mol. The summed E-state index contributed by atoms with van der Waals surface area (Å²) in [5.74, 6) is 0.968. The van der Waals surface area contributed by atoms with Gasteiger partial charge >= 0.3 is 0 Å². The summed E-state index contributed by atoms with van der Waals surface area (Å²) in [6.45, 7) is 3.43. The summed E-state index contributed by atoms with van der Waals surface area (Å²) < 4.78 is 0.329. The van der Waals surface area contributed by atoms with Crippen LogP contribution in [-0.4, -0.2) is 29.5 Å². The Bertz CT molecular complexity index is 166. The molecule has 0 radical (unpaired) electrons. The van der Waals surface area contributed by atoms with Gasteiger partial charge in [-0.3, -0.25) is 4.79 Å². The van der Waals surface area contributed by atoms with E-state index in [1.165, 1.54) is 18.6 Å². The Hall–Kier alpha value is -0.220. The lowest BCUT2D eigenvalue weighted by Crippen LogP contribution is -2.37. The Morgan fingerprint density at radius 3 is 3.00 bits per heavy atom. The van der Waals surface area contributed by atoms with Crippen LogP contribution in [0.25, 0.3) is 0 Å². The lowest BCUT2D eigenvalue weighted by Gasteiger charge is -2.22. The number of rotatable bonds is 4. The van der Waals surface area contributed by atoms with Crippen molar-refractivity contribution < 1.29 is 4.79 Å². The van der Waals surface area contributed by atoms with Gasteiger partial charge in [0.1, 0.15) is 0 Å². The predicted molar refractivity (Wildman–Crippen MR) is 52.2 cm³/mol. The van der Waals surface area contributed by atoms with Crippen molar-refractivity contribution in [2.75, 3.05) is 18.8 Å². The molecule has 1 aliphatic heterocycles. The molecule has 0 saturated carbocycles. The molecule has 0 spiro atoms. The van der Waals surface area contributed by atoms with E-state index in [2.05, 4.69) is 12.2 Å². The topological polar surface area (TPSA) is 55.1 Å². The van der Waals surface area contributed by atoms with Crippen LogP contribution < -0.4 is 11.1 Å². The zero-order valence-corrected chi connectivity index (χ0v) is 8.25. The fraction of sp³-hybridized carbons (Fsp3) is 0.875. The van der Waals surface area contributed by atoms with Crippen LogP contribution in [0.5, 0.6) is 0 Å². The van der Waals surface area contributed by atoms with E-state index in [-0.39, 0.29) is 5.91 Å². The van der Waals surface area contributed by atoms with Crippen LogP contribution in [0, 0.1) is 0 Å². The van der Waals surface area contributed by atoms with E-state index in [1.807, 2.05) is 11.8 Å². The van der Waals surface area contributed by atoms with Gasteiger partial charge in [-0.25, -0.2) is 0 Å². The number of nitrogens with one attached hydrogen (secondary N) is 1. The maximum atomic E-state index is 10.4. The number of carbonyl (C=O) groups excluding carboxylic acids is 1. The van der Waals surface area contributed by atoms with Crippen molar-refractivity contribution in [1.29, 1.82) is 0 Å². The normalized spacial score (nSPS) is 29.1. The summed E-state index contributed by atoms with van der Waals surface area (Å²) in [6, 6.07) is 0. The highest BCUT2D eigenvalue weighted by molar-refractivity contribution is 8.00. The Morgan fingerprint density at radius 1 is 1.75 bits per heavy atom. The standard InChI is InChI=1S/C8H16N2OS/c1-8(3-2-4-12-8)6-10-5-7(9)11/h10H,2-6H2,1H3,(H2,9,11). The van der Waals surface area contributed by atoms with E-state index in [0.717, 1.165) is 6.54 Å².